The molecule has 0 fully saturated rings. The average molecular weight is 370 g/mol. The maximum atomic E-state index is 12.2. The van der Waals surface area contributed by atoms with Crippen LogP contribution in [0.5, 0.6) is 11.5 Å². The average Bonchev–Trinajstić information content (AvgIpc) is 2.95. The maximum absolute atomic E-state index is 12.2. The van der Waals surface area contributed by atoms with Crippen molar-refractivity contribution < 1.29 is 18.7 Å². The van der Waals surface area contributed by atoms with E-state index in [-0.39, 0.29) is 5.91 Å². The third-order valence-electron chi connectivity index (χ3n) is 4.39. The van der Waals surface area contributed by atoms with E-state index in [1.54, 1.807) is 39.5 Å². The Kier molecular flexibility index (Phi) is 5.49. The van der Waals surface area contributed by atoms with E-state index < -0.39 is 5.76 Å². The van der Waals surface area contributed by atoms with Crippen molar-refractivity contribution in [2.24, 2.45) is 7.05 Å². The predicted octanol–water partition coefficient (Wildman–Crippen LogP) is 3.11. The lowest BCUT2D eigenvalue weighted by Crippen LogP contribution is -2.11. The number of aryl methyl sites for hydroxylation is 2. The highest BCUT2D eigenvalue weighted by Gasteiger charge is 2.09. The summed E-state index contributed by atoms with van der Waals surface area (Å²) >= 11 is 0. The van der Waals surface area contributed by atoms with Gasteiger partial charge in [0.2, 0.25) is 5.91 Å². The number of hydrogen-bond donors (Lipinski definition) is 1. The number of nitrogens with zero attached hydrogens (tertiary/aromatic N) is 1. The molecule has 0 atom stereocenters. The van der Waals surface area contributed by atoms with Crippen molar-refractivity contribution >= 4 is 22.7 Å². The summed E-state index contributed by atoms with van der Waals surface area (Å²) < 4.78 is 17.1. The number of amides is 1. The zero-order chi connectivity index (χ0) is 19.4. The van der Waals surface area contributed by atoms with Crippen LogP contribution in [0.2, 0.25) is 0 Å². The molecule has 3 rings (SSSR count). The summed E-state index contributed by atoms with van der Waals surface area (Å²) in [6, 6.07) is 10.9. The van der Waals surface area contributed by atoms with E-state index in [0.717, 1.165) is 12.0 Å². The Morgan fingerprint density at radius 1 is 1.11 bits per heavy atom. The van der Waals surface area contributed by atoms with Crippen LogP contribution in [0.3, 0.4) is 0 Å². The van der Waals surface area contributed by atoms with Crippen LogP contribution in [0.4, 0.5) is 5.69 Å². The SMILES string of the molecule is COc1ccc(CCCC(=O)Nc2ccc3c(c2)oc(=O)n3C)cc1OC. The first-order valence-electron chi connectivity index (χ1n) is 8.62. The van der Waals surface area contributed by atoms with Crippen LogP contribution in [0.1, 0.15) is 18.4 Å². The van der Waals surface area contributed by atoms with Crippen molar-refractivity contribution in [1.82, 2.24) is 4.57 Å². The number of nitrogens with one attached hydrogen (secondary N) is 1. The van der Waals surface area contributed by atoms with Crippen LogP contribution in [-0.2, 0) is 18.3 Å². The van der Waals surface area contributed by atoms with E-state index in [9.17, 15) is 9.59 Å². The molecule has 1 N–H and O–H groups in total. The lowest BCUT2D eigenvalue weighted by Gasteiger charge is -2.09. The van der Waals surface area contributed by atoms with Crippen molar-refractivity contribution in [1.29, 1.82) is 0 Å². The molecule has 0 saturated carbocycles. The molecule has 0 aliphatic rings. The second-order valence-corrected chi connectivity index (χ2v) is 6.20. The van der Waals surface area contributed by atoms with Gasteiger partial charge in [-0.1, -0.05) is 6.07 Å². The number of methoxy groups -OCH3 is 2. The minimum atomic E-state index is -0.427. The fourth-order valence-corrected chi connectivity index (χ4v) is 2.92. The number of anilines is 1. The third-order valence-corrected chi connectivity index (χ3v) is 4.39. The zero-order valence-electron chi connectivity index (χ0n) is 15.6. The van der Waals surface area contributed by atoms with Crippen LogP contribution in [0, 0.1) is 0 Å². The molecule has 1 aromatic heterocycles. The quantitative estimate of drug-likeness (QED) is 0.691. The van der Waals surface area contributed by atoms with Crippen LogP contribution < -0.4 is 20.5 Å². The number of fused-ring (bicyclic) bond motifs is 1. The first-order valence-corrected chi connectivity index (χ1v) is 8.62. The molecular weight excluding hydrogens is 348 g/mol. The van der Waals surface area contributed by atoms with Gasteiger partial charge in [0.25, 0.3) is 0 Å². The molecule has 0 aliphatic carbocycles. The van der Waals surface area contributed by atoms with Crippen molar-refractivity contribution in [2.45, 2.75) is 19.3 Å². The minimum Gasteiger partial charge on any atom is -0.493 e. The van der Waals surface area contributed by atoms with Gasteiger partial charge in [-0.15, -0.1) is 0 Å². The number of ether oxygens (including phenoxy) is 2. The van der Waals surface area contributed by atoms with Gasteiger partial charge in [-0.3, -0.25) is 9.36 Å². The van der Waals surface area contributed by atoms with Gasteiger partial charge in [0.05, 0.1) is 19.7 Å². The molecule has 0 bridgehead atoms. The number of hydrogen-bond acceptors (Lipinski definition) is 5. The van der Waals surface area contributed by atoms with Gasteiger partial charge in [-0.25, -0.2) is 4.79 Å². The molecule has 0 saturated heterocycles. The van der Waals surface area contributed by atoms with Gasteiger partial charge < -0.3 is 19.2 Å². The highest BCUT2D eigenvalue weighted by Crippen LogP contribution is 2.28. The molecular formula is C20H22N2O5. The third kappa shape index (κ3) is 4.13. The molecule has 142 valence electrons. The zero-order valence-corrected chi connectivity index (χ0v) is 15.6. The van der Waals surface area contributed by atoms with Crippen LogP contribution in [-0.4, -0.2) is 24.7 Å². The largest absolute Gasteiger partial charge is 0.493 e. The Bertz CT molecular complexity index is 1020. The topological polar surface area (TPSA) is 82.7 Å². The van der Waals surface area contributed by atoms with E-state index in [4.69, 9.17) is 13.9 Å². The van der Waals surface area contributed by atoms with Crippen LogP contribution in [0.15, 0.2) is 45.6 Å². The number of rotatable bonds is 7. The fraction of sp³-hybridized carbons (Fsp3) is 0.300. The van der Waals surface area contributed by atoms with Crippen molar-refractivity contribution in [3.8, 4) is 11.5 Å². The Morgan fingerprint density at radius 3 is 2.63 bits per heavy atom. The number of carbonyl (C=O) groups excluding carboxylic acids is 1. The first kappa shape index (κ1) is 18.6. The summed E-state index contributed by atoms with van der Waals surface area (Å²) in [6.07, 6.45) is 1.83. The molecule has 27 heavy (non-hydrogen) atoms. The molecule has 1 amide bonds. The number of benzene rings is 2. The van der Waals surface area contributed by atoms with Crippen LogP contribution in [0.25, 0.3) is 11.1 Å². The predicted molar refractivity (Wildman–Crippen MR) is 103 cm³/mol. The Labute approximate surface area is 156 Å². The molecule has 7 heteroatoms. The molecule has 0 radical (unpaired) electrons. The van der Waals surface area contributed by atoms with Gasteiger partial charge in [0.1, 0.15) is 0 Å². The van der Waals surface area contributed by atoms with Crippen molar-refractivity contribution in [3.63, 3.8) is 0 Å². The second-order valence-electron chi connectivity index (χ2n) is 6.20. The number of aromatic nitrogens is 1. The molecule has 3 aromatic rings. The normalized spacial score (nSPS) is 10.8. The molecule has 0 unspecified atom stereocenters. The summed E-state index contributed by atoms with van der Waals surface area (Å²) in [5.41, 5.74) is 2.82. The van der Waals surface area contributed by atoms with Gasteiger partial charge in [-0.05, 0) is 42.7 Å². The van der Waals surface area contributed by atoms with E-state index in [1.165, 1.54) is 4.57 Å². The number of carbonyl (C=O) groups is 1. The highest BCUT2D eigenvalue weighted by molar-refractivity contribution is 5.92. The second kappa shape index (κ2) is 7.99. The van der Waals surface area contributed by atoms with Gasteiger partial charge in [0.15, 0.2) is 17.1 Å². The maximum Gasteiger partial charge on any atom is 0.419 e. The lowest BCUT2D eigenvalue weighted by atomic mass is 10.1. The summed E-state index contributed by atoms with van der Waals surface area (Å²) in [7, 11) is 4.83. The summed E-state index contributed by atoms with van der Waals surface area (Å²) in [6.45, 7) is 0. The molecule has 1 heterocycles. The van der Waals surface area contributed by atoms with E-state index in [1.807, 2.05) is 18.2 Å². The van der Waals surface area contributed by atoms with E-state index in [0.29, 0.717) is 41.1 Å². The summed E-state index contributed by atoms with van der Waals surface area (Å²) in [4.78, 5) is 23.7. The van der Waals surface area contributed by atoms with Crippen LogP contribution >= 0.6 is 0 Å². The van der Waals surface area contributed by atoms with E-state index >= 15 is 0 Å². The number of oxazole rings is 1. The van der Waals surface area contributed by atoms with Gasteiger partial charge >= 0.3 is 5.76 Å². The summed E-state index contributed by atoms with van der Waals surface area (Å²) in [5.74, 6) is 0.843. The minimum absolute atomic E-state index is 0.0897. The highest BCUT2D eigenvalue weighted by atomic mass is 16.5. The monoisotopic (exact) mass is 370 g/mol. The van der Waals surface area contributed by atoms with Gasteiger partial charge in [0, 0.05) is 25.2 Å². The van der Waals surface area contributed by atoms with E-state index in [2.05, 4.69) is 5.32 Å². The summed E-state index contributed by atoms with van der Waals surface area (Å²) in [5, 5.41) is 2.83. The molecule has 0 spiro atoms. The Hall–Kier alpha value is -3.22. The van der Waals surface area contributed by atoms with Gasteiger partial charge in [-0.2, -0.15) is 0 Å². The molecule has 0 aliphatic heterocycles. The molecule has 2 aromatic carbocycles. The Morgan fingerprint density at radius 2 is 1.89 bits per heavy atom. The first-order chi connectivity index (χ1) is 13.0. The molecule has 7 nitrogen and oxygen atoms in total. The standard InChI is InChI=1S/C20H22N2O5/c1-22-15-9-8-14(12-17(15)27-20(22)24)21-19(23)6-4-5-13-7-10-16(25-2)18(11-13)26-3/h7-12H,4-6H2,1-3H3,(H,21,23). The van der Waals surface area contributed by atoms with Crippen molar-refractivity contribution in [2.75, 3.05) is 19.5 Å². The lowest BCUT2D eigenvalue weighted by molar-refractivity contribution is -0.116. The smallest absolute Gasteiger partial charge is 0.419 e. The fourth-order valence-electron chi connectivity index (χ4n) is 2.92. The van der Waals surface area contributed by atoms with Crippen molar-refractivity contribution in [3.05, 3.63) is 52.5 Å². The Balaban J connectivity index is 1.56.